The van der Waals surface area contributed by atoms with Gasteiger partial charge in [0.1, 0.15) is 0 Å². The molecular weight excluding hydrogens is 490 g/mol. The van der Waals surface area contributed by atoms with Crippen molar-refractivity contribution in [2.24, 2.45) is 5.10 Å². The highest BCUT2D eigenvalue weighted by Gasteiger charge is 2.23. The Morgan fingerprint density at radius 3 is 2.49 bits per heavy atom. The maximum atomic E-state index is 13.0. The molecule has 0 unspecified atom stereocenters. The van der Waals surface area contributed by atoms with Gasteiger partial charge in [0.05, 0.1) is 23.8 Å². The van der Waals surface area contributed by atoms with Crippen molar-refractivity contribution >= 4 is 22.1 Å². The molecule has 1 amide bonds. The smallest absolute Gasteiger partial charge is 0.242 e. The SMILES string of the molecule is C=CCc1cc(/C=N\NC(=O)C[C@@H](NS(=O)(=O)c2ccc(C)cc2)c2ccccc2)cc(OCC)c1O. The van der Waals surface area contributed by atoms with Crippen LogP contribution >= 0.6 is 0 Å². The molecule has 37 heavy (non-hydrogen) atoms. The molecule has 3 aromatic carbocycles. The van der Waals surface area contributed by atoms with Crippen molar-refractivity contribution in [1.29, 1.82) is 0 Å². The van der Waals surface area contributed by atoms with Gasteiger partial charge < -0.3 is 9.84 Å². The summed E-state index contributed by atoms with van der Waals surface area (Å²) in [5.74, 6) is -0.134. The van der Waals surface area contributed by atoms with Crippen LogP contribution in [0.2, 0.25) is 0 Å². The van der Waals surface area contributed by atoms with E-state index < -0.39 is 22.0 Å². The summed E-state index contributed by atoms with van der Waals surface area (Å²) in [6.45, 7) is 7.75. The number of allylic oxidation sites excluding steroid dienone is 1. The number of hydrogen-bond acceptors (Lipinski definition) is 6. The lowest BCUT2D eigenvalue weighted by Crippen LogP contribution is -2.32. The summed E-state index contributed by atoms with van der Waals surface area (Å²) in [6.07, 6.45) is 3.35. The molecule has 3 rings (SSSR count). The first kappa shape index (κ1) is 27.6. The van der Waals surface area contributed by atoms with Crippen LogP contribution in [-0.4, -0.2) is 32.3 Å². The predicted octanol–water partition coefficient (Wildman–Crippen LogP) is 4.39. The standard InChI is InChI=1S/C28H31N3O5S/c1-4-9-23-16-21(17-26(28(23)33)36-5-2)19-29-30-27(32)18-25(22-10-7-6-8-11-22)31-37(34,35)24-14-12-20(3)13-15-24/h4,6-8,10-17,19,25,31,33H,1,5,9,18H2,2-3H3,(H,30,32)/b29-19-/t25-/m1/s1. The topological polar surface area (TPSA) is 117 Å². The van der Waals surface area contributed by atoms with Crippen LogP contribution < -0.4 is 14.9 Å². The number of phenols is 1. The van der Waals surface area contributed by atoms with Crippen molar-refractivity contribution in [2.45, 2.75) is 37.6 Å². The minimum atomic E-state index is -3.87. The molecule has 1 atom stereocenters. The Balaban J connectivity index is 1.76. The van der Waals surface area contributed by atoms with Crippen LogP contribution in [0, 0.1) is 6.92 Å². The molecule has 0 bridgehead atoms. The van der Waals surface area contributed by atoms with Crippen LogP contribution in [0.1, 0.15) is 41.6 Å². The number of hydrazone groups is 1. The Hall–Kier alpha value is -3.95. The molecule has 9 heteroatoms. The third-order valence-electron chi connectivity index (χ3n) is 5.46. The van der Waals surface area contributed by atoms with Gasteiger partial charge in [-0.1, -0.05) is 54.1 Å². The number of carbonyl (C=O) groups excluding carboxylic acids is 1. The molecule has 0 saturated carbocycles. The molecule has 0 radical (unpaired) electrons. The van der Waals surface area contributed by atoms with Gasteiger partial charge >= 0.3 is 0 Å². The van der Waals surface area contributed by atoms with E-state index >= 15 is 0 Å². The number of carbonyl (C=O) groups is 1. The zero-order chi connectivity index (χ0) is 26.8. The van der Waals surface area contributed by atoms with Crippen molar-refractivity contribution in [2.75, 3.05) is 6.61 Å². The maximum absolute atomic E-state index is 13.0. The van der Waals surface area contributed by atoms with E-state index in [9.17, 15) is 18.3 Å². The van der Waals surface area contributed by atoms with Gasteiger partial charge in [0.15, 0.2) is 11.5 Å². The molecule has 0 aliphatic heterocycles. The number of phenolic OH excluding ortho intramolecular Hbond substituents is 1. The number of sulfonamides is 1. The zero-order valence-corrected chi connectivity index (χ0v) is 21.7. The van der Waals surface area contributed by atoms with Gasteiger partial charge in [0.25, 0.3) is 0 Å². The number of nitrogens with one attached hydrogen (secondary N) is 2. The Bertz CT molecular complexity index is 1350. The monoisotopic (exact) mass is 521 g/mol. The normalized spacial score (nSPS) is 12.3. The molecule has 8 nitrogen and oxygen atoms in total. The Morgan fingerprint density at radius 1 is 1.14 bits per heavy atom. The predicted molar refractivity (Wildman–Crippen MR) is 144 cm³/mol. The summed E-state index contributed by atoms with van der Waals surface area (Å²) in [7, 11) is -3.87. The molecule has 0 aliphatic rings. The number of nitrogens with zero attached hydrogens (tertiary/aromatic N) is 1. The van der Waals surface area contributed by atoms with Crippen molar-refractivity contribution in [3.63, 3.8) is 0 Å². The fourth-order valence-electron chi connectivity index (χ4n) is 3.64. The number of aromatic hydroxyl groups is 1. The number of rotatable bonds is 12. The lowest BCUT2D eigenvalue weighted by Gasteiger charge is -2.18. The van der Waals surface area contributed by atoms with Crippen LogP contribution in [0.15, 0.2) is 89.4 Å². The first-order valence-corrected chi connectivity index (χ1v) is 13.3. The van der Waals surface area contributed by atoms with Gasteiger partial charge in [0.2, 0.25) is 15.9 Å². The largest absolute Gasteiger partial charge is 0.504 e. The first-order valence-electron chi connectivity index (χ1n) is 11.8. The Morgan fingerprint density at radius 2 is 1.84 bits per heavy atom. The van der Waals surface area contributed by atoms with Gasteiger partial charge in [-0.05, 0) is 55.7 Å². The summed E-state index contributed by atoms with van der Waals surface area (Å²) >= 11 is 0. The second-order valence-corrected chi connectivity index (χ2v) is 10.1. The molecule has 3 N–H and O–H groups in total. The number of amides is 1. The average molecular weight is 522 g/mol. The molecule has 0 aliphatic carbocycles. The Labute approximate surface area is 217 Å². The molecular formula is C28H31N3O5S. The third kappa shape index (κ3) is 7.77. The number of aryl methyl sites for hydroxylation is 1. The van der Waals surface area contributed by atoms with Crippen molar-refractivity contribution in [3.05, 3.63) is 102 Å². The number of hydrogen-bond donors (Lipinski definition) is 3. The van der Waals surface area contributed by atoms with E-state index in [1.165, 1.54) is 18.3 Å². The van der Waals surface area contributed by atoms with Gasteiger partial charge in [0, 0.05) is 12.0 Å². The minimum absolute atomic E-state index is 0.0366. The fourth-order valence-corrected chi connectivity index (χ4v) is 4.86. The Kier molecular flexibility index (Phi) is 9.59. The van der Waals surface area contributed by atoms with E-state index in [-0.39, 0.29) is 17.1 Å². The molecule has 3 aromatic rings. The van der Waals surface area contributed by atoms with Gasteiger partial charge in [-0.3, -0.25) is 4.79 Å². The molecule has 0 fully saturated rings. The maximum Gasteiger partial charge on any atom is 0.242 e. The molecule has 0 spiro atoms. The van der Waals surface area contributed by atoms with E-state index in [4.69, 9.17) is 4.74 Å². The summed E-state index contributed by atoms with van der Waals surface area (Å²) in [5.41, 5.74) is 5.26. The van der Waals surface area contributed by atoms with Crippen molar-refractivity contribution < 1.29 is 23.1 Å². The summed E-state index contributed by atoms with van der Waals surface area (Å²) < 4.78 is 34.1. The molecule has 0 heterocycles. The first-order chi connectivity index (χ1) is 17.7. The van der Waals surface area contributed by atoms with Crippen LogP contribution in [0.5, 0.6) is 11.5 Å². The van der Waals surface area contributed by atoms with Crippen LogP contribution in [0.4, 0.5) is 0 Å². The summed E-state index contributed by atoms with van der Waals surface area (Å²) in [6, 6.07) is 17.9. The number of benzene rings is 3. The van der Waals surface area contributed by atoms with Crippen molar-refractivity contribution in [3.8, 4) is 11.5 Å². The molecule has 0 saturated heterocycles. The summed E-state index contributed by atoms with van der Waals surface area (Å²) in [5, 5.41) is 14.4. The lowest BCUT2D eigenvalue weighted by atomic mass is 10.0. The second-order valence-electron chi connectivity index (χ2n) is 8.35. The molecule has 0 aromatic heterocycles. The van der Waals surface area contributed by atoms with E-state index in [1.807, 2.05) is 19.9 Å². The van der Waals surface area contributed by atoms with E-state index in [0.717, 1.165) is 5.56 Å². The lowest BCUT2D eigenvalue weighted by molar-refractivity contribution is -0.121. The average Bonchev–Trinajstić information content (AvgIpc) is 2.87. The van der Waals surface area contributed by atoms with E-state index in [1.54, 1.807) is 54.6 Å². The highest BCUT2D eigenvalue weighted by Crippen LogP contribution is 2.32. The van der Waals surface area contributed by atoms with Gasteiger partial charge in [-0.2, -0.15) is 5.10 Å². The fraction of sp³-hybridized carbons (Fsp3) is 0.214. The van der Waals surface area contributed by atoms with Gasteiger partial charge in [-0.25, -0.2) is 18.6 Å². The zero-order valence-electron chi connectivity index (χ0n) is 20.8. The quantitative estimate of drug-likeness (QED) is 0.186. The highest BCUT2D eigenvalue weighted by molar-refractivity contribution is 7.89. The second kappa shape index (κ2) is 12.8. The third-order valence-corrected chi connectivity index (χ3v) is 6.95. The number of ether oxygens (including phenoxy) is 1. The van der Waals surface area contributed by atoms with Gasteiger partial charge in [-0.15, -0.1) is 6.58 Å². The molecule has 194 valence electrons. The van der Waals surface area contributed by atoms with E-state index in [2.05, 4.69) is 21.8 Å². The van der Waals surface area contributed by atoms with Crippen molar-refractivity contribution in [1.82, 2.24) is 10.1 Å². The minimum Gasteiger partial charge on any atom is -0.504 e. The van der Waals surface area contributed by atoms with Crippen LogP contribution in [-0.2, 0) is 21.2 Å². The highest BCUT2D eigenvalue weighted by atomic mass is 32.2. The van der Waals surface area contributed by atoms with E-state index in [0.29, 0.717) is 35.5 Å². The summed E-state index contributed by atoms with van der Waals surface area (Å²) in [4.78, 5) is 12.9. The van der Waals surface area contributed by atoms with Crippen LogP contribution in [0.3, 0.4) is 0 Å². The van der Waals surface area contributed by atoms with Crippen LogP contribution in [0.25, 0.3) is 0 Å².